The molecular formula is C16H22N2O. The lowest BCUT2D eigenvalue weighted by Gasteiger charge is -2.30. The zero-order valence-electron chi connectivity index (χ0n) is 11.3. The highest BCUT2D eigenvalue weighted by atomic mass is 16.2. The van der Waals surface area contributed by atoms with Crippen molar-refractivity contribution in [2.45, 2.75) is 50.5 Å². The number of urea groups is 1. The Morgan fingerprint density at radius 1 is 1.16 bits per heavy atom. The van der Waals surface area contributed by atoms with E-state index in [-0.39, 0.29) is 6.03 Å². The van der Waals surface area contributed by atoms with Gasteiger partial charge in [-0.2, -0.15) is 0 Å². The highest BCUT2D eigenvalue weighted by Crippen LogP contribution is 2.33. The molecule has 0 spiro atoms. The van der Waals surface area contributed by atoms with E-state index in [0.29, 0.717) is 12.0 Å². The zero-order chi connectivity index (χ0) is 13.1. The maximum atomic E-state index is 11.8. The molecule has 2 amide bonds. The number of hydrogen-bond acceptors (Lipinski definition) is 1. The van der Waals surface area contributed by atoms with E-state index in [1.165, 1.54) is 30.4 Å². The molecule has 2 aliphatic rings. The fourth-order valence-electron chi connectivity index (χ4n) is 3.24. The first-order valence-electron chi connectivity index (χ1n) is 7.45. The van der Waals surface area contributed by atoms with Crippen LogP contribution in [0.15, 0.2) is 24.3 Å². The van der Waals surface area contributed by atoms with Crippen LogP contribution in [0.1, 0.15) is 49.1 Å². The third-order valence-corrected chi connectivity index (χ3v) is 4.41. The van der Waals surface area contributed by atoms with Crippen molar-refractivity contribution in [3.63, 3.8) is 0 Å². The van der Waals surface area contributed by atoms with Gasteiger partial charge >= 0.3 is 6.03 Å². The molecule has 1 aromatic carbocycles. The van der Waals surface area contributed by atoms with Gasteiger partial charge in [0.15, 0.2) is 0 Å². The van der Waals surface area contributed by atoms with Crippen LogP contribution in [0.3, 0.4) is 0 Å². The number of hydrogen-bond donors (Lipinski definition) is 2. The minimum absolute atomic E-state index is 0.0104. The van der Waals surface area contributed by atoms with Crippen LogP contribution in [0, 0.1) is 0 Å². The third-order valence-electron chi connectivity index (χ3n) is 4.41. The fourth-order valence-corrected chi connectivity index (χ4v) is 3.24. The average Bonchev–Trinajstić information content (AvgIpc) is 2.41. The van der Waals surface area contributed by atoms with E-state index in [4.69, 9.17) is 0 Å². The van der Waals surface area contributed by atoms with E-state index in [1.807, 2.05) is 0 Å². The van der Waals surface area contributed by atoms with Crippen LogP contribution < -0.4 is 10.6 Å². The van der Waals surface area contributed by atoms with Crippen molar-refractivity contribution in [3.05, 3.63) is 35.4 Å². The molecule has 1 aromatic rings. The maximum absolute atomic E-state index is 11.8. The first-order valence-corrected chi connectivity index (χ1v) is 7.45. The van der Waals surface area contributed by atoms with E-state index in [1.54, 1.807) is 0 Å². The van der Waals surface area contributed by atoms with E-state index < -0.39 is 0 Å². The van der Waals surface area contributed by atoms with Gasteiger partial charge in [-0.3, -0.25) is 0 Å². The standard InChI is InChI=1S/C16H22N2O/c19-16(18-14-7-2-1-3-8-14)17-11-13-10-12-6-4-5-9-15(12)13/h4-6,9,13-14H,1-3,7-8,10-11H2,(H2,17,18,19). The maximum Gasteiger partial charge on any atom is 0.315 e. The molecule has 3 heteroatoms. The van der Waals surface area contributed by atoms with Crippen LogP contribution in [0.4, 0.5) is 4.79 Å². The number of carbonyl (C=O) groups is 1. The molecule has 0 saturated heterocycles. The van der Waals surface area contributed by atoms with Gasteiger partial charge in [-0.15, -0.1) is 0 Å². The monoisotopic (exact) mass is 258 g/mol. The Morgan fingerprint density at radius 2 is 1.95 bits per heavy atom. The van der Waals surface area contributed by atoms with Crippen molar-refractivity contribution in [2.24, 2.45) is 0 Å². The van der Waals surface area contributed by atoms with Gasteiger partial charge in [-0.05, 0) is 30.4 Å². The Hall–Kier alpha value is -1.51. The SMILES string of the molecule is O=C(NCC1Cc2ccccc21)NC1CCCCC1. The Bertz CT molecular complexity index is 452. The second-order valence-corrected chi connectivity index (χ2v) is 5.79. The van der Waals surface area contributed by atoms with Gasteiger partial charge < -0.3 is 10.6 Å². The number of nitrogens with one attached hydrogen (secondary N) is 2. The molecule has 1 fully saturated rings. The van der Waals surface area contributed by atoms with Gasteiger partial charge in [0.2, 0.25) is 0 Å². The highest BCUT2D eigenvalue weighted by Gasteiger charge is 2.25. The topological polar surface area (TPSA) is 41.1 Å². The number of rotatable bonds is 3. The van der Waals surface area contributed by atoms with Gasteiger partial charge in [0, 0.05) is 18.5 Å². The average molecular weight is 258 g/mol. The van der Waals surface area contributed by atoms with Crippen LogP contribution in [-0.4, -0.2) is 18.6 Å². The lowest BCUT2D eigenvalue weighted by Crippen LogP contribution is -2.45. The van der Waals surface area contributed by atoms with Gasteiger partial charge in [0.25, 0.3) is 0 Å². The Morgan fingerprint density at radius 3 is 2.74 bits per heavy atom. The molecule has 102 valence electrons. The van der Waals surface area contributed by atoms with Crippen LogP contribution in [0.2, 0.25) is 0 Å². The van der Waals surface area contributed by atoms with Crippen LogP contribution in [-0.2, 0) is 6.42 Å². The summed E-state index contributed by atoms with van der Waals surface area (Å²) in [4.78, 5) is 11.8. The summed E-state index contributed by atoms with van der Waals surface area (Å²) < 4.78 is 0. The van der Waals surface area contributed by atoms with Crippen molar-refractivity contribution in [1.29, 1.82) is 0 Å². The van der Waals surface area contributed by atoms with Crippen molar-refractivity contribution in [3.8, 4) is 0 Å². The molecular weight excluding hydrogens is 236 g/mol. The van der Waals surface area contributed by atoms with Gasteiger partial charge in [-0.1, -0.05) is 43.5 Å². The summed E-state index contributed by atoms with van der Waals surface area (Å²) in [5.74, 6) is 0.508. The molecule has 1 saturated carbocycles. The summed E-state index contributed by atoms with van der Waals surface area (Å²) in [7, 11) is 0. The second kappa shape index (κ2) is 5.64. The summed E-state index contributed by atoms with van der Waals surface area (Å²) >= 11 is 0. The van der Waals surface area contributed by atoms with E-state index in [2.05, 4.69) is 34.9 Å². The summed E-state index contributed by atoms with van der Waals surface area (Å²) in [6.07, 6.45) is 7.19. The largest absolute Gasteiger partial charge is 0.338 e. The minimum Gasteiger partial charge on any atom is -0.338 e. The molecule has 3 nitrogen and oxygen atoms in total. The minimum atomic E-state index is 0.0104. The normalized spacial score (nSPS) is 22.2. The molecule has 1 atom stereocenters. The molecule has 0 heterocycles. The highest BCUT2D eigenvalue weighted by molar-refractivity contribution is 5.74. The van der Waals surface area contributed by atoms with Crippen molar-refractivity contribution < 1.29 is 4.79 Å². The van der Waals surface area contributed by atoms with Crippen LogP contribution >= 0.6 is 0 Å². The predicted molar refractivity (Wildman–Crippen MR) is 76.3 cm³/mol. The summed E-state index contributed by atoms with van der Waals surface area (Å²) in [5, 5.41) is 6.12. The van der Waals surface area contributed by atoms with E-state index in [9.17, 15) is 4.79 Å². The Balaban J connectivity index is 1.42. The lowest BCUT2D eigenvalue weighted by molar-refractivity contribution is 0.231. The molecule has 0 aliphatic heterocycles. The molecule has 1 unspecified atom stereocenters. The van der Waals surface area contributed by atoms with Gasteiger partial charge in [0.05, 0.1) is 0 Å². The van der Waals surface area contributed by atoms with Gasteiger partial charge in [0.1, 0.15) is 0 Å². The second-order valence-electron chi connectivity index (χ2n) is 5.79. The molecule has 2 aliphatic carbocycles. The van der Waals surface area contributed by atoms with Crippen molar-refractivity contribution >= 4 is 6.03 Å². The Kier molecular flexibility index (Phi) is 3.72. The number of amides is 2. The predicted octanol–water partition coefficient (Wildman–Crippen LogP) is 2.96. The van der Waals surface area contributed by atoms with Crippen molar-refractivity contribution in [2.75, 3.05) is 6.54 Å². The zero-order valence-corrected chi connectivity index (χ0v) is 11.3. The lowest BCUT2D eigenvalue weighted by atomic mass is 9.78. The first-order chi connectivity index (χ1) is 9.33. The fraction of sp³-hybridized carbons (Fsp3) is 0.562. The Labute approximate surface area is 114 Å². The molecule has 0 bridgehead atoms. The third kappa shape index (κ3) is 2.91. The van der Waals surface area contributed by atoms with Gasteiger partial charge in [-0.25, -0.2) is 4.79 Å². The van der Waals surface area contributed by atoms with Crippen molar-refractivity contribution in [1.82, 2.24) is 10.6 Å². The molecule has 0 aromatic heterocycles. The number of benzene rings is 1. The molecule has 2 N–H and O–H groups in total. The molecule has 19 heavy (non-hydrogen) atoms. The molecule has 0 radical (unpaired) electrons. The first kappa shape index (κ1) is 12.5. The summed E-state index contributed by atoms with van der Waals surface area (Å²) in [6.45, 7) is 0.759. The molecule has 3 rings (SSSR count). The summed E-state index contributed by atoms with van der Waals surface area (Å²) in [6, 6.07) is 8.91. The van der Waals surface area contributed by atoms with Crippen LogP contribution in [0.5, 0.6) is 0 Å². The number of fused-ring (bicyclic) bond motifs is 1. The van der Waals surface area contributed by atoms with Crippen LogP contribution in [0.25, 0.3) is 0 Å². The number of carbonyl (C=O) groups excluding carboxylic acids is 1. The quantitative estimate of drug-likeness (QED) is 0.860. The van der Waals surface area contributed by atoms with E-state index in [0.717, 1.165) is 25.8 Å². The van der Waals surface area contributed by atoms with E-state index >= 15 is 0 Å². The summed E-state index contributed by atoms with van der Waals surface area (Å²) in [5.41, 5.74) is 2.84. The smallest absolute Gasteiger partial charge is 0.315 e.